The van der Waals surface area contributed by atoms with E-state index in [0.717, 1.165) is 11.3 Å². The number of benzene rings is 2. The van der Waals surface area contributed by atoms with Crippen LogP contribution in [0.15, 0.2) is 53.4 Å². The van der Waals surface area contributed by atoms with Gasteiger partial charge in [-0.15, -0.1) is 0 Å². The first-order chi connectivity index (χ1) is 11.4. The molecule has 5 heteroatoms. The van der Waals surface area contributed by atoms with Gasteiger partial charge in [-0.1, -0.05) is 29.8 Å². The second-order valence-corrected chi connectivity index (χ2v) is 8.50. The average Bonchev–Trinajstić information content (AvgIpc) is 2.56. The van der Waals surface area contributed by atoms with Crippen LogP contribution in [0, 0.1) is 13.8 Å². The summed E-state index contributed by atoms with van der Waals surface area (Å²) in [4.78, 5) is 2.67. The number of piperazine rings is 1. The normalized spacial score (nSPS) is 19.5. The Morgan fingerprint density at radius 3 is 2.29 bits per heavy atom. The molecule has 24 heavy (non-hydrogen) atoms. The zero-order valence-corrected chi connectivity index (χ0v) is 15.3. The van der Waals surface area contributed by atoms with Gasteiger partial charge in [0.25, 0.3) is 0 Å². The van der Waals surface area contributed by atoms with Gasteiger partial charge in [0.15, 0.2) is 0 Å². The van der Waals surface area contributed by atoms with Gasteiger partial charge in [-0.2, -0.15) is 4.31 Å². The van der Waals surface area contributed by atoms with Gasteiger partial charge in [-0.3, -0.25) is 0 Å². The van der Waals surface area contributed by atoms with Crippen LogP contribution in [0.25, 0.3) is 0 Å². The van der Waals surface area contributed by atoms with Gasteiger partial charge >= 0.3 is 0 Å². The summed E-state index contributed by atoms with van der Waals surface area (Å²) in [6.45, 7) is 7.78. The highest BCUT2D eigenvalue weighted by Gasteiger charge is 2.32. The number of sulfonamides is 1. The van der Waals surface area contributed by atoms with Crippen LogP contribution in [0.4, 0.5) is 5.69 Å². The fourth-order valence-electron chi connectivity index (χ4n) is 3.19. The van der Waals surface area contributed by atoms with Gasteiger partial charge in [-0.05, 0) is 50.6 Å². The highest BCUT2D eigenvalue weighted by atomic mass is 32.2. The molecule has 0 N–H and O–H groups in total. The molecule has 1 unspecified atom stereocenters. The SMILES string of the molecule is Cc1ccc(N2CCN(S(=O)(=O)c3cccc(C)c3)CC2C)cc1. The van der Waals surface area contributed by atoms with Crippen molar-refractivity contribution in [2.45, 2.75) is 31.7 Å². The smallest absolute Gasteiger partial charge is 0.243 e. The van der Waals surface area contributed by atoms with E-state index in [1.165, 1.54) is 5.56 Å². The van der Waals surface area contributed by atoms with E-state index in [0.29, 0.717) is 24.5 Å². The molecule has 0 aliphatic carbocycles. The molecule has 1 aliphatic heterocycles. The molecule has 1 saturated heterocycles. The van der Waals surface area contributed by atoms with Crippen LogP contribution in [-0.4, -0.2) is 38.4 Å². The lowest BCUT2D eigenvalue weighted by Crippen LogP contribution is -2.53. The molecule has 0 radical (unpaired) electrons. The van der Waals surface area contributed by atoms with Crippen molar-refractivity contribution in [1.82, 2.24) is 4.31 Å². The highest BCUT2D eigenvalue weighted by molar-refractivity contribution is 7.89. The first-order valence-corrected chi connectivity index (χ1v) is 9.72. The number of nitrogens with zero attached hydrogens (tertiary/aromatic N) is 2. The Balaban J connectivity index is 1.79. The Morgan fingerprint density at radius 1 is 0.958 bits per heavy atom. The second kappa shape index (κ2) is 6.57. The largest absolute Gasteiger partial charge is 0.366 e. The molecule has 1 fully saturated rings. The van der Waals surface area contributed by atoms with E-state index >= 15 is 0 Å². The van der Waals surface area contributed by atoms with Crippen molar-refractivity contribution < 1.29 is 8.42 Å². The van der Waals surface area contributed by atoms with E-state index < -0.39 is 10.0 Å². The minimum Gasteiger partial charge on any atom is -0.366 e. The van der Waals surface area contributed by atoms with Crippen molar-refractivity contribution >= 4 is 15.7 Å². The molecule has 0 bridgehead atoms. The molecule has 0 amide bonds. The Labute approximate surface area is 144 Å². The molecule has 1 heterocycles. The van der Waals surface area contributed by atoms with Crippen molar-refractivity contribution in [1.29, 1.82) is 0 Å². The summed E-state index contributed by atoms with van der Waals surface area (Å²) in [5.41, 5.74) is 3.34. The van der Waals surface area contributed by atoms with Crippen LogP contribution in [0.1, 0.15) is 18.1 Å². The Kier molecular flexibility index (Phi) is 4.65. The molecule has 3 rings (SSSR count). The third-order valence-corrected chi connectivity index (χ3v) is 6.44. The zero-order chi connectivity index (χ0) is 17.3. The molecular formula is C19H24N2O2S. The monoisotopic (exact) mass is 344 g/mol. The van der Waals surface area contributed by atoms with E-state index in [4.69, 9.17) is 0 Å². The van der Waals surface area contributed by atoms with Crippen LogP contribution in [0.2, 0.25) is 0 Å². The van der Waals surface area contributed by atoms with Crippen molar-refractivity contribution in [2.24, 2.45) is 0 Å². The van der Waals surface area contributed by atoms with Gasteiger partial charge < -0.3 is 4.90 Å². The van der Waals surface area contributed by atoms with Gasteiger partial charge in [0.05, 0.1) is 4.90 Å². The maximum absolute atomic E-state index is 12.9. The molecular weight excluding hydrogens is 320 g/mol. The molecule has 4 nitrogen and oxygen atoms in total. The summed E-state index contributed by atoms with van der Waals surface area (Å²) in [5, 5.41) is 0. The maximum atomic E-state index is 12.9. The van der Waals surface area contributed by atoms with Crippen molar-refractivity contribution in [3.63, 3.8) is 0 Å². The predicted octanol–water partition coefficient (Wildman–Crippen LogP) is 3.20. The fourth-order valence-corrected chi connectivity index (χ4v) is 4.80. The fraction of sp³-hybridized carbons (Fsp3) is 0.368. The number of anilines is 1. The van der Waals surface area contributed by atoms with Crippen LogP contribution in [0.3, 0.4) is 0 Å². The summed E-state index contributed by atoms with van der Waals surface area (Å²) in [7, 11) is -3.42. The Hall–Kier alpha value is -1.85. The third-order valence-electron chi connectivity index (χ3n) is 4.58. The summed E-state index contributed by atoms with van der Waals surface area (Å²) < 4.78 is 27.4. The first-order valence-electron chi connectivity index (χ1n) is 8.28. The van der Waals surface area contributed by atoms with Crippen LogP contribution >= 0.6 is 0 Å². The lowest BCUT2D eigenvalue weighted by Gasteiger charge is -2.40. The minimum absolute atomic E-state index is 0.140. The lowest BCUT2D eigenvalue weighted by molar-refractivity contribution is 0.342. The molecule has 0 aromatic heterocycles. The summed E-state index contributed by atoms with van der Waals surface area (Å²) in [6.07, 6.45) is 0. The maximum Gasteiger partial charge on any atom is 0.243 e. The van der Waals surface area contributed by atoms with Crippen LogP contribution in [0.5, 0.6) is 0 Å². The van der Waals surface area contributed by atoms with Crippen LogP contribution in [-0.2, 0) is 10.0 Å². The van der Waals surface area contributed by atoms with Gasteiger partial charge in [0, 0.05) is 31.4 Å². The topological polar surface area (TPSA) is 40.6 Å². The van der Waals surface area contributed by atoms with Gasteiger partial charge in [0.1, 0.15) is 0 Å². The van der Waals surface area contributed by atoms with E-state index in [9.17, 15) is 8.42 Å². The number of rotatable bonds is 3. The lowest BCUT2D eigenvalue weighted by atomic mass is 10.1. The van der Waals surface area contributed by atoms with Crippen molar-refractivity contribution in [2.75, 3.05) is 24.5 Å². The van der Waals surface area contributed by atoms with Crippen molar-refractivity contribution in [3.8, 4) is 0 Å². The van der Waals surface area contributed by atoms with E-state index in [-0.39, 0.29) is 6.04 Å². The van der Waals surface area contributed by atoms with Gasteiger partial charge in [0.2, 0.25) is 10.0 Å². The Morgan fingerprint density at radius 2 is 1.67 bits per heavy atom. The van der Waals surface area contributed by atoms with E-state index in [2.05, 4.69) is 43.0 Å². The zero-order valence-electron chi connectivity index (χ0n) is 14.4. The molecule has 1 atom stereocenters. The minimum atomic E-state index is -3.42. The molecule has 2 aromatic carbocycles. The number of hydrogen-bond donors (Lipinski definition) is 0. The van der Waals surface area contributed by atoms with E-state index in [1.807, 2.05) is 13.0 Å². The van der Waals surface area contributed by atoms with Gasteiger partial charge in [-0.25, -0.2) is 8.42 Å². The highest BCUT2D eigenvalue weighted by Crippen LogP contribution is 2.25. The quantitative estimate of drug-likeness (QED) is 0.858. The average molecular weight is 344 g/mol. The van der Waals surface area contributed by atoms with Crippen LogP contribution < -0.4 is 4.90 Å². The molecule has 0 spiro atoms. The third kappa shape index (κ3) is 3.32. The molecule has 2 aromatic rings. The standard InChI is InChI=1S/C19H24N2O2S/c1-15-7-9-18(10-8-15)21-12-11-20(14-17(21)3)24(22,23)19-6-4-5-16(2)13-19/h4-10,13,17H,11-12,14H2,1-3H3. The Bertz CT molecular complexity index is 816. The molecule has 1 aliphatic rings. The number of hydrogen-bond acceptors (Lipinski definition) is 3. The van der Waals surface area contributed by atoms with Crippen molar-refractivity contribution in [3.05, 3.63) is 59.7 Å². The summed E-state index contributed by atoms with van der Waals surface area (Å²) in [5.74, 6) is 0. The molecule has 128 valence electrons. The summed E-state index contributed by atoms with van der Waals surface area (Å²) in [6, 6.07) is 15.7. The van der Waals surface area contributed by atoms with E-state index in [1.54, 1.807) is 22.5 Å². The summed E-state index contributed by atoms with van der Waals surface area (Å²) >= 11 is 0. The number of aryl methyl sites for hydroxylation is 2. The molecule has 0 saturated carbocycles. The second-order valence-electron chi connectivity index (χ2n) is 6.56. The first kappa shape index (κ1) is 17.0. The predicted molar refractivity (Wildman–Crippen MR) is 97.9 cm³/mol.